The van der Waals surface area contributed by atoms with Crippen molar-refractivity contribution in [3.8, 4) is 22.8 Å². The van der Waals surface area contributed by atoms with Crippen LogP contribution in [0.4, 0.5) is 22.0 Å². The Labute approximate surface area is 167 Å². The number of furan rings is 1. The molecule has 0 atom stereocenters. The van der Waals surface area contributed by atoms with Crippen molar-refractivity contribution in [2.75, 3.05) is 0 Å². The summed E-state index contributed by atoms with van der Waals surface area (Å²) in [6, 6.07) is 5.76. The summed E-state index contributed by atoms with van der Waals surface area (Å²) in [7, 11) is 0. The number of rotatable bonds is 4. The van der Waals surface area contributed by atoms with Crippen molar-refractivity contribution in [1.82, 2.24) is 0 Å². The number of ether oxygens (including phenoxy) is 1. The van der Waals surface area contributed by atoms with Gasteiger partial charge in [0.25, 0.3) is 0 Å². The Bertz CT molecular complexity index is 1040. The maximum absolute atomic E-state index is 14.1. The smallest absolute Gasteiger partial charge is 0.416 e. The highest BCUT2D eigenvalue weighted by Gasteiger charge is 2.33. The Hall–Kier alpha value is -2.39. The van der Waals surface area contributed by atoms with Gasteiger partial charge in [-0.3, -0.25) is 4.79 Å². The Morgan fingerprint density at radius 3 is 2.21 bits per heavy atom. The lowest BCUT2D eigenvalue weighted by atomic mass is 10.1. The molecule has 28 heavy (non-hydrogen) atoms. The van der Waals surface area contributed by atoms with Gasteiger partial charge in [0.15, 0.2) is 35.2 Å². The van der Waals surface area contributed by atoms with Crippen molar-refractivity contribution >= 4 is 33.8 Å². The lowest BCUT2D eigenvalue weighted by Crippen LogP contribution is -2.07. The van der Waals surface area contributed by atoms with Gasteiger partial charge in [-0.1, -0.05) is 27.5 Å². The van der Waals surface area contributed by atoms with Gasteiger partial charge in [0.1, 0.15) is 5.76 Å². The second-order valence-electron chi connectivity index (χ2n) is 5.45. The van der Waals surface area contributed by atoms with Crippen molar-refractivity contribution in [2.45, 2.75) is 6.18 Å². The van der Waals surface area contributed by atoms with E-state index in [1.165, 1.54) is 24.3 Å². The summed E-state index contributed by atoms with van der Waals surface area (Å²) in [6.45, 7) is 0. The van der Waals surface area contributed by atoms with E-state index in [1.807, 2.05) is 0 Å². The third-order valence-corrected chi connectivity index (χ3v) is 4.29. The fourth-order valence-corrected chi connectivity index (χ4v) is 3.18. The topological polar surface area (TPSA) is 39.4 Å². The summed E-state index contributed by atoms with van der Waals surface area (Å²) in [5.74, 6) is -4.40. The highest BCUT2D eigenvalue weighted by molar-refractivity contribution is 9.10. The average molecular weight is 482 g/mol. The van der Waals surface area contributed by atoms with E-state index in [-0.39, 0.29) is 40.0 Å². The summed E-state index contributed by atoms with van der Waals surface area (Å²) >= 11 is 9.28. The SMILES string of the molecule is O=Cc1ccc(-c2cc(Br)cc(Cl)c2Oc2c(F)cc(C(F)(F)F)cc2F)o1. The van der Waals surface area contributed by atoms with E-state index < -0.39 is 29.1 Å². The molecule has 0 bridgehead atoms. The molecule has 0 N–H and O–H groups in total. The van der Waals surface area contributed by atoms with Crippen LogP contribution in [0.2, 0.25) is 5.02 Å². The molecule has 0 fully saturated rings. The van der Waals surface area contributed by atoms with Crippen LogP contribution in [0.25, 0.3) is 11.3 Å². The third-order valence-electron chi connectivity index (χ3n) is 3.55. The highest BCUT2D eigenvalue weighted by atomic mass is 79.9. The summed E-state index contributed by atoms with van der Waals surface area (Å²) in [6.07, 6.45) is -4.49. The molecule has 0 aliphatic rings. The molecule has 0 aliphatic carbocycles. The lowest BCUT2D eigenvalue weighted by molar-refractivity contribution is -0.138. The molecule has 10 heteroatoms. The van der Waals surface area contributed by atoms with Crippen LogP contribution >= 0.6 is 27.5 Å². The lowest BCUT2D eigenvalue weighted by Gasteiger charge is -2.15. The van der Waals surface area contributed by atoms with E-state index in [2.05, 4.69) is 15.9 Å². The summed E-state index contributed by atoms with van der Waals surface area (Å²) in [5.41, 5.74) is -1.38. The Morgan fingerprint density at radius 2 is 1.68 bits per heavy atom. The molecule has 0 saturated heterocycles. The number of aldehydes is 1. The third kappa shape index (κ3) is 4.05. The molecule has 1 heterocycles. The Morgan fingerprint density at radius 1 is 1.04 bits per heavy atom. The van der Waals surface area contributed by atoms with Crippen molar-refractivity contribution < 1.29 is 35.9 Å². The predicted molar refractivity (Wildman–Crippen MR) is 93.7 cm³/mol. The van der Waals surface area contributed by atoms with Gasteiger partial charge >= 0.3 is 6.18 Å². The van der Waals surface area contributed by atoms with Crippen LogP contribution in [0, 0.1) is 11.6 Å². The van der Waals surface area contributed by atoms with Gasteiger partial charge in [-0.25, -0.2) is 8.78 Å². The van der Waals surface area contributed by atoms with Gasteiger partial charge in [-0.2, -0.15) is 13.2 Å². The maximum atomic E-state index is 14.1. The molecule has 3 rings (SSSR count). The molecule has 0 saturated carbocycles. The summed E-state index contributed by atoms with van der Waals surface area (Å²) < 4.78 is 77.3. The minimum Gasteiger partial charge on any atom is -0.453 e. The van der Waals surface area contributed by atoms with Crippen LogP contribution in [0.15, 0.2) is 45.3 Å². The zero-order valence-corrected chi connectivity index (χ0v) is 15.8. The average Bonchev–Trinajstić information content (AvgIpc) is 3.07. The van der Waals surface area contributed by atoms with E-state index in [9.17, 15) is 26.7 Å². The molecule has 3 aromatic rings. The van der Waals surface area contributed by atoms with Crippen LogP contribution < -0.4 is 4.74 Å². The fraction of sp³-hybridized carbons (Fsp3) is 0.0556. The normalized spacial score (nSPS) is 11.5. The van der Waals surface area contributed by atoms with E-state index in [0.29, 0.717) is 10.8 Å². The summed E-state index contributed by atoms with van der Waals surface area (Å²) in [4.78, 5) is 10.8. The van der Waals surface area contributed by atoms with Crippen LogP contribution in [-0.2, 0) is 6.18 Å². The van der Waals surface area contributed by atoms with Crippen LogP contribution in [0.3, 0.4) is 0 Å². The predicted octanol–water partition coefficient (Wildman–Crippen LogP) is 7.26. The van der Waals surface area contributed by atoms with E-state index >= 15 is 0 Å². The van der Waals surface area contributed by atoms with Crippen LogP contribution in [0.5, 0.6) is 11.5 Å². The van der Waals surface area contributed by atoms with Crippen molar-refractivity contribution in [1.29, 1.82) is 0 Å². The largest absolute Gasteiger partial charge is 0.453 e. The molecule has 1 aromatic heterocycles. The number of hydrogen-bond acceptors (Lipinski definition) is 3. The molecular weight excluding hydrogens is 475 g/mol. The van der Waals surface area contributed by atoms with Gasteiger partial charge in [-0.05, 0) is 36.4 Å². The number of halogens is 7. The zero-order valence-electron chi connectivity index (χ0n) is 13.4. The van der Waals surface area contributed by atoms with Gasteiger partial charge in [0, 0.05) is 4.47 Å². The van der Waals surface area contributed by atoms with E-state index in [0.717, 1.165) is 0 Å². The first-order valence-corrected chi connectivity index (χ1v) is 8.55. The quantitative estimate of drug-likeness (QED) is 0.291. The van der Waals surface area contributed by atoms with Crippen LogP contribution in [-0.4, -0.2) is 6.29 Å². The van der Waals surface area contributed by atoms with Crippen molar-refractivity contribution in [2.24, 2.45) is 0 Å². The Kier molecular flexibility index (Phi) is 5.49. The van der Waals surface area contributed by atoms with Gasteiger partial charge in [0.2, 0.25) is 0 Å². The van der Waals surface area contributed by atoms with Crippen molar-refractivity contribution in [3.63, 3.8) is 0 Å². The monoisotopic (exact) mass is 480 g/mol. The number of benzene rings is 2. The second-order valence-corrected chi connectivity index (χ2v) is 6.78. The summed E-state index contributed by atoms with van der Waals surface area (Å²) in [5, 5.41) is -0.105. The number of carbonyl (C=O) groups is 1. The molecular formula is C18H7BrClF5O3. The molecule has 0 spiro atoms. The standard InChI is InChI=1S/C18H7BrClF5O3/c19-9-5-11(15-2-1-10(7-26)27-15)16(12(20)6-9)28-17-13(21)3-8(4-14(17)22)18(23,24)25/h1-7H. The van der Waals surface area contributed by atoms with Gasteiger partial charge < -0.3 is 9.15 Å². The van der Waals surface area contributed by atoms with E-state index in [4.69, 9.17) is 20.8 Å². The van der Waals surface area contributed by atoms with Crippen molar-refractivity contribution in [3.05, 3.63) is 68.9 Å². The molecule has 3 nitrogen and oxygen atoms in total. The minimum absolute atomic E-state index is 0.0241. The molecule has 0 aliphatic heterocycles. The van der Waals surface area contributed by atoms with Gasteiger partial charge in [-0.15, -0.1) is 0 Å². The maximum Gasteiger partial charge on any atom is 0.416 e. The molecule has 0 amide bonds. The number of hydrogen-bond donors (Lipinski definition) is 0. The Balaban J connectivity index is 2.12. The fourth-order valence-electron chi connectivity index (χ4n) is 2.33. The molecule has 146 valence electrons. The first kappa shape index (κ1) is 20.3. The molecule has 2 aromatic carbocycles. The number of carbonyl (C=O) groups excluding carboxylic acids is 1. The first-order chi connectivity index (χ1) is 13.1. The zero-order chi connectivity index (χ0) is 20.6. The second kappa shape index (κ2) is 7.56. The van der Waals surface area contributed by atoms with Crippen LogP contribution in [0.1, 0.15) is 16.1 Å². The number of alkyl halides is 3. The van der Waals surface area contributed by atoms with Gasteiger partial charge in [0.05, 0.1) is 16.1 Å². The molecule has 0 unspecified atom stereocenters. The molecule has 0 radical (unpaired) electrons. The first-order valence-electron chi connectivity index (χ1n) is 7.38. The minimum atomic E-state index is -4.93. The van der Waals surface area contributed by atoms with E-state index in [1.54, 1.807) is 0 Å². The highest BCUT2D eigenvalue weighted by Crippen LogP contribution is 2.43.